The number of methoxy groups -OCH3 is 1. The first-order chi connectivity index (χ1) is 9.15. The van der Waals surface area contributed by atoms with Gasteiger partial charge in [-0.05, 0) is 46.6 Å². The van der Waals surface area contributed by atoms with Crippen LogP contribution >= 0.6 is 15.9 Å². The van der Waals surface area contributed by atoms with Crippen LogP contribution in [0.1, 0.15) is 11.1 Å². The second-order valence-corrected chi connectivity index (χ2v) is 4.94. The molecule has 0 amide bonds. The van der Waals surface area contributed by atoms with Gasteiger partial charge in [0, 0.05) is 11.8 Å². The quantitative estimate of drug-likeness (QED) is 0.913. The largest absolute Gasteiger partial charge is 0.495 e. The summed E-state index contributed by atoms with van der Waals surface area (Å²) in [6, 6.07) is 13.6. The molecule has 2 aromatic carbocycles. The van der Waals surface area contributed by atoms with Gasteiger partial charge in [-0.3, -0.25) is 0 Å². The van der Waals surface area contributed by atoms with E-state index in [2.05, 4.69) is 27.3 Å². The number of nitrogens with one attached hydrogen (secondary N) is 1. The number of anilines is 2. The van der Waals surface area contributed by atoms with Crippen molar-refractivity contribution in [3.8, 4) is 11.8 Å². The first-order valence-corrected chi connectivity index (χ1v) is 6.55. The summed E-state index contributed by atoms with van der Waals surface area (Å²) in [5, 5.41) is 12.4. The molecule has 4 heteroatoms. The molecule has 0 spiro atoms. The Labute approximate surface area is 121 Å². The van der Waals surface area contributed by atoms with Crippen LogP contribution in [0.2, 0.25) is 0 Å². The van der Waals surface area contributed by atoms with Crippen LogP contribution in [0.5, 0.6) is 5.75 Å². The molecule has 2 rings (SSSR count). The molecule has 3 nitrogen and oxygen atoms in total. The summed E-state index contributed by atoms with van der Waals surface area (Å²) in [5.74, 6) is 0.747. The minimum absolute atomic E-state index is 0.627. The van der Waals surface area contributed by atoms with Crippen molar-refractivity contribution in [3.63, 3.8) is 0 Å². The van der Waals surface area contributed by atoms with Crippen molar-refractivity contribution >= 4 is 27.3 Å². The van der Waals surface area contributed by atoms with E-state index >= 15 is 0 Å². The fraction of sp³-hybridized carbons (Fsp3) is 0.133. The third-order valence-electron chi connectivity index (χ3n) is 2.81. The summed E-state index contributed by atoms with van der Waals surface area (Å²) in [4.78, 5) is 0. The maximum Gasteiger partial charge on any atom is 0.135 e. The zero-order valence-electron chi connectivity index (χ0n) is 10.7. The van der Waals surface area contributed by atoms with Gasteiger partial charge < -0.3 is 10.1 Å². The lowest BCUT2D eigenvalue weighted by molar-refractivity contribution is 0.412. The van der Waals surface area contributed by atoms with Crippen molar-refractivity contribution in [2.75, 3.05) is 12.4 Å². The van der Waals surface area contributed by atoms with Crippen LogP contribution in [0.15, 0.2) is 40.9 Å². The van der Waals surface area contributed by atoms with Gasteiger partial charge in [0.15, 0.2) is 0 Å². The third-order valence-corrected chi connectivity index (χ3v) is 3.47. The number of halogens is 1. The standard InChI is InChI=1S/C15H13BrN2O/c1-10-4-3-5-11(9-17)15(10)18-12-6-7-13(16)14(8-12)19-2/h3-8,18H,1-2H3. The lowest BCUT2D eigenvalue weighted by Gasteiger charge is -2.12. The van der Waals surface area contributed by atoms with Crippen molar-refractivity contribution < 1.29 is 4.74 Å². The average Bonchev–Trinajstić information content (AvgIpc) is 2.43. The number of hydrogen-bond acceptors (Lipinski definition) is 3. The lowest BCUT2D eigenvalue weighted by atomic mass is 10.1. The SMILES string of the molecule is COc1cc(Nc2c(C)cccc2C#N)ccc1Br. The Hall–Kier alpha value is -1.99. The van der Waals surface area contributed by atoms with Gasteiger partial charge in [-0.2, -0.15) is 5.26 Å². The molecule has 0 fully saturated rings. The molecular formula is C15H13BrN2O. The lowest BCUT2D eigenvalue weighted by Crippen LogP contribution is -1.97. The highest BCUT2D eigenvalue weighted by Crippen LogP contribution is 2.31. The molecule has 0 radical (unpaired) electrons. The second-order valence-electron chi connectivity index (χ2n) is 4.08. The molecule has 2 aromatic rings. The number of hydrogen-bond donors (Lipinski definition) is 1. The minimum atomic E-state index is 0.627. The number of nitriles is 1. The fourth-order valence-corrected chi connectivity index (χ4v) is 2.22. The predicted octanol–water partition coefficient (Wildman–Crippen LogP) is 4.38. The van der Waals surface area contributed by atoms with Gasteiger partial charge in [0.05, 0.1) is 22.8 Å². The Kier molecular flexibility index (Phi) is 4.08. The molecule has 0 aliphatic rings. The molecule has 0 bridgehead atoms. The van der Waals surface area contributed by atoms with Gasteiger partial charge in [-0.25, -0.2) is 0 Å². The number of ether oxygens (including phenoxy) is 1. The summed E-state index contributed by atoms with van der Waals surface area (Å²) in [6.45, 7) is 1.97. The van der Waals surface area contributed by atoms with Crippen LogP contribution in [-0.2, 0) is 0 Å². The van der Waals surface area contributed by atoms with Gasteiger partial charge in [0.25, 0.3) is 0 Å². The van der Waals surface area contributed by atoms with Crippen LogP contribution in [0.25, 0.3) is 0 Å². The summed E-state index contributed by atoms with van der Waals surface area (Å²) in [6.07, 6.45) is 0. The smallest absolute Gasteiger partial charge is 0.135 e. The normalized spacial score (nSPS) is 9.79. The highest BCUT2D eigenvalue weighted by atomic mass is 79.9. The summed E-state index contributed by atoms with van der Waals surface area (Å²) >= 11 is 3.41. The van der Waals surface area contributed by atoms with Gasteiger partial charge in [-0.15, -0.1) is 0 Å². The van der Waals surface area contributed by atoms with E-state index in [0.717, 1.165) is 27.2 Å². The van der Waals surface area contributed by atoms with Gasteiger partial charge >= 0.3 is 0 Å². The minimum Gasteiger partial charge on any atom is -0.495 e. The Bertz CT molecular complexity index is 647. The van der Waals surface area contributed by atoms with Crippen molar-refractivity contribution in [2.24, 2.45) is 0 Å². The molecule has 0 aromatic heterocycles. The first-order valence-electron chi connectivity index (χ1n) is 5.76. The van der Waals surface area contributed by atoms with Crippen LogP contribution in [-0.4, -0.2) is 7.11 Å². The molecule has 0 atom stereocenters. The Balaban J connectivity index is 2.39. The fourth-order valence-electron chi connectivity index (χ4n) is 1.81. The van der Waals surface area contributed by atoms with Gasteiger partial charge in [0.2, 0.25) is 0 Å². The molecule has 0 aliphatic carbocycles. The van der Waals surface area contributed by atoms with Gasteiger partial charge in [-0.1, -0.05) is 12.1 Å². The average molecular weight is 317 g/mol. The van der Waals surface area contributed by atoms with Gasteiger partial charge in [0.1, 0.15) is 11.8 Å². The first kappa shape index (κ1) is 13.4. The molecule has 0 heterocycles. The summed E-state index contributed by atoms with van der Waals surface area (Å²) in [7, 11) is 1.62. The zero-order chi connectivity index (χ0) is 13.8. The maximum atomic E-state index is 9.14. The van der Waals surface area contributed by atoms with Crippen molar-refractivity contribution in [2.45, 2.75) is 6.92 Å². The molecule has 0 saturated heterocycles. The van der Waals surface area contributed by atoms with E-state index in [1.807, 2.05) is 37.3 Å². The highest BCUT2D eigenvalue weighted by molar-refractivity contribution is 9.10. The Morgan fingerprint density at radius 2 is 2.05 bits per heavy atom. The van der Waals surface area contributed by atoms with E-state index in [9.17, 15) is 0 Å². The van der Waals surface area contributed by atoms with Crippen LogP contribution < -0.4 is 10.1 Å². The Morgan fingerprint density at radius 1 is 1.26 bits per heavy atom. The van der Waals surface area contributed by atoms with E-state index in [0.29, 0.717) is 5.56 Å². The van der Waals surface area contributed by atoms with Crippen LogP contribution in [0, 0.1) is 18.3 Å². The molecule has 19 heavy (non-hydrogen) atoms. The maximum absolute atomic E-state index is 9.14. The van der Waals surface area contributed by atoms with Crippen LogP contribution in [0.4, 0.5) is 11.4 Å². The number of benzene rings is 2. The topological polar surface area (TPSA) is 45.0 Å². The number of aryl methyl sites for hydroxylation is 1. The monoisotopic (exact) mass is 316 g/mol. The zero-order valence-corrected chi connectivity index (χ0v) is 12.3. The van der Waals surface area contributed by atoms with E-state index in [1.54, 1.807) is 13.2 Å². The summed E-state index contributed by atoms with van der Waals surface area (Å²) < 4.78 is 6.15. The molecular weight excluding hydrogens is 304 g/mol. The number of para-hydroxylation sites is 1. The number of nitrogens with zero attached hydrogens (tertiary/aromatic N) is 1. The molecule has 0 unspecified atom stereocenters. The summed E-state index contributed by atoms with van der Waals surface area (Å²) in [5.41, 5.74) is 3.36. The van der Waals surface area contributed by atoms with Crippen molar-refractivity contribution in [1.82, 2.24) is 0 Å². The highest BCUT2D eigenvalue weighted by Gasteiger charge is 2.07. The molecule has 0 saturated carbocycles. The van der Waals surface area contributed by atoms with E-state index in [1.165, 1.54) is 0 Å². The number of rotatable bonds is 3. The predicted molar refractivity (Wildman–Crippen MR) is 79.9 cm³/mol. The molecule has 0 aliphatic heterocycles. The molecule has 1 N–H and O–H groups in total. The van der Waals surface area contributed by atoms with E-state index in [-0.39, 0.29) is 0 Å². The van der Waals surface area contributed by atoms with Crippen LogP contribution in [0.3, 0.4) is 0 Å². The molecule has 96 valence electrons. The Morgan fingerprint density at radius 3 is 2.74 bits per heavy atom. The van der Waals surface area contributed by atoms with Crippen molar-refractivity contribution in [1.29, 1.82) is 5.26 Å². The van der Waals surface area contributed by atoms with E-state index < -0.39 is 0 Å². The third kappa shape index (κ3) is 2.88. The van der Waals surface area contributed by atoms with E-state index in [4.69, 9.17) is 10.00 Å². The second kappa shape index (κ2) is 5.77. The van der Waals surface area contributed by atoms with Crippen molar-refractivity contribution in [3.05, 3.63) is 52.0 Å².